The zero-order chi connectivity index (χ0) is 12.8. The summed E-state index contributed by atoms with van der Waals surface area (Å²) >= 11 is 0. The maximum atomic E-state index is 12.1. The summed E-state index contributed by atoms with van der Waals surface area (Å²) in [5, 5.41) is 0. The van der Waals surface area contributed by atoms with Crippen LogP contribution in [-0.4, -0.2) is 49.7 Å². The van der Waals surface area contributed by atoms with Gasteiger partial charge >= 0.3 is 5.97 Å². The molecule has 1 atom stereocenters. The van der Waals surface area contributed by atoms with E-state index in [0.29, 0.717) is 13.0 Å². The number of hydrogen-bond donors (Lipinski definition) is 0. The first kappa shape index (κ1) is 14.9. The quantitative estimate of drug-likeness (QED) is 0.635. The summed E-state index contributed by atoms with van der Waals surface area (Å²) in [6.07, 6.45) is 0.556. The summed E-state index contributed by atoms with van der Waals surface area (Å²) in [4.78, 5) is 24.7. The molecule has 0 saturated heterocycles. The third-order valence-corrected chi connectivity index (χ3v) is 2.79. The molecule has 0 bridgehead atoms. The molecule has 0 aromatic heterocycles. The lowest BCUT2D eigenvalue weighted by Crippen LogP contribution is -2.49. The molecule has 0 heterocycles. The summed E-state index contributed by atoms with van der Waals surface area (Å²) in [5.74, 6) is -0.616. The third kappa shape index (κ3) is 3.48. The summed E-state index contributed by atoms with van der Waals surface area (Å²) in [5.41, 5.74) is -0.871. The highest BCUT2D eigenvalue weighted by atomic mass is 16.5. The van der Waals surface area contributed by atoms with Gasteiger partial charge in [-0.2, -0.15) is 0 Å². The molecule has 0 aliphatic heterocycles. The van der Waals surface area contributed by atoms with Gasteiger partial charge in [0.25, 0.3) is 5.91 Å². The molecule has 0 spiro atoms. The molecule has 0 saturated carbocycles. The van der Waals surface area contributed by atoms with Gasteiger partial charge in [-0.1, -0.05) is 6.92 Å². The van der Waals surface area contributed by atoms with Crippen LogP contribution in [0.1, 0.15) is 27.2 Å². The van der Waals surface area contributed by atoms with Gasteiger partial charge in [0, 0.05) is 13.7 Å². The van der Waals surface area contributed by atoms with Crippen molar-refractivity contribution in [1.82, 2.24) is 4.90 Å². The highest BCUT2D eigenvalue weighted by Gasteiger charge is 2.35. The maximum Gasteiger partial charge on any atom is 0.325 e. The van der Waals surface area contributed by atoms with Gasteiger partial charge in [-0.15, -0.1) is 0 Å². The lowest BCUT2D eigenvalue weighted by molar-refractivity contribution is -0.158. The first-order valence-electron chi connectivity index (χ1n) is 5.36. The van der Waals surface area contributed by atoms with Crippen LogP contribution < -0.4 is 0 Å². The van der Waals surface area contributed by atoms with Gasteiger partial charge in [0.05, 0.1) is 7.11 Å². The standard InChI is InChI=1S/C11H21NO4/c1-6-11(3,16-5)10(14)12(7-2)8-9(13)15-4/h6-8H2,1-5H3. The van der Waals surface area contributed by atoms with E-state index in [2.05, 4.69) is 4.74 Å². The van der Waals surface area contributed by atoms with Crippen molar-refractivity contribution in [3.05, 3.63) is 0 Å². The monoisotopic (exact) mass is 231 g/mol. The maximum absolute atomic E-state index is 12.1. The van der Waals surface area contributed by atoms with E-state index in [9.17, 15) is 9.59 Å². The Balaban J connectivity index is 4.70. The number of methoxy groups -OCH3 is 2. The Hall–Kier alpha value is -1.10. The first-order chi connectivity index (χ1) is 7.45. The van der Waals surface area contributed by atoms with Crippen molar-refractivity contribution in [3.8, 4) is 0 Å². The number of nitrogens with zero attached hydrogens (tertiary/aromatic N) is 1. The van der Waals surface area contributed by atoms with Gasteiger partial charge in [0.2, 0.25) is 0 Å². The minimum Gasteiger partial charge on any atom is -0.468 e. The van der Waals surface area contributed by atoms with Gasteiger partial charge in [0.15, 0.2) is 0 Å². The Morgan fingerprint density at radius 1 is 1.25 bits per heavy atom. The molecule has 0 fully saturated rings. The number of likely N-dealkylation sites (N-methyl/N-ethyl adjacent to an activating group) is 1. The van der Waals surface area contributed by atoms with Crippen LogP contribution in [-0.2, 0) is 19.1 Å². The van der Waals surface area contributed by atoms with Gasteiger partial charge < -0.3 is 14.4 Å². The van der Waals surface area contributed by atoms with Gasteiger partial charge in [-0.05, 0) is 20.3 Å². The Labute approximate surface area is 96.7 Å². The molecule has 0 aromatic rings. The SMILES string of the molecule is CCN(CC(=O)OC)C(=O)C(C)(CC)OC. The fourth-order valence-corrected chi connectivity index (χ4v) is 1.26. The van der Waals surface area contributed by atoms with Crippen LogP contribution in [0.25, 0.3) is 0 Å². The van der Waals surface area contributed by atoms with Crippen LogP contribution in [0.5, 0.6) is 0 Å². The molecule has 0 radical (unpaired) electrons. The van der Waals surface area contributed by atoms with Crippen LogP contribution in [0.15, 0.2) is 0 Å². The van der Waals surface area contributed by atoms with Crippen molar-refractivity contribution < 1.29 is 19.1 Å². The van der Waals surface area contributed by atoms with E-state index in [0.717, 1.165) is 0 Å². The van der Waals surface area contributed by atoms with E-state index < -0.39 is 11.6 Å². The summed E-state index contributed by atoms with van der Waals surface area (Å²) in [6, 6.07) is 0. The predicted octanol–water partition coefficient (Wildman–Crippen LogP) is 0.823. The Kier molecular flexibility index (Phi) is 6.03. The molecule has 94 valence electrons. The van der Waals surface area contributed by atoms with E-state index >= 15 is 0 Å². The van der Waals surface area contributed by atoms with Crippen molar-refractivity contribution in [2.45, 2.75) is 32.8 Å². The second kappa shape index (κ2) is 6.48. The average Bonchev–Trinajstić information content (AvgIpc) is 2.33. The van der Waals surface area contributed by atoms with E-state index in [-0.39, 0.29) is 12.5 Å². The van der Waals surface area contributed by atoms with Crippen LogP contribution in [0.2, 0.25) is 0 Å². The fraction of sp³-hybridized carbons (Fsp3) is 0.818. The van der Waals surface area contributed by atoms with Gasteiger partial charge in [-0.25, -0.2) is 0 Å². The molecule has 0 aliphatic carbocycles. The Morgan fingerprint density at radius 3 is 2.12 bits per heavy atom. The summed E-state index contributed by atoms with van der Waals surface area (Å²) in [7, 11) is 2.80. The third-order valence-electron chi connectivity index (χ3n) is 2.79. The lowest BCUT2D eigenvalue weighted by Gasteiger charge is -2.31. The number of ether oxygens (including phenoxy) is 2. The van der Waals surface area contributed by atoms with Crippen molar-refractivity contribution in [2.24, 2.45) is 0 Å². The van der Waals surface area contributed by atoms with Crippen LogP contribution in [0, 0.1) is 0 Å². The number of carbonyl (C=O) groups excluding carboxylic acids is 2. The van der Waals surface area contributed by atoms with Crippen molar-refractivity contribution in [3.63, 3.8) is 0 Å². The molecular weight excluding hydrogens is 210 g/mol. The highest BCUT2D eigenvalue weighted by molar-refractivity contribution is 5.88. The number of esters is 1. The van der Waals surface area contributed by atoms with Crippen LogP contribution in [0.4, 0.5) is 0 Å². The molecule has 1 amide bonds. The summed E-state index contributed by atoms with van der Waals surface area (Å²) < 4.78 is 9.74. The lowest BCUT2D eigenvalue weighted by atomic mass is 10.0. The molecule has 5 nitrogen and oxygen atoms in total. The minimum atomic E-state index is -0.871. The summed E-state index contributed by atoms with van der Waals surface area (Å²) in [6.45, 7) is 5.81. The second-order valence-corrected chi connectivity index (χ2v) is 3.68. The largest absolute Gasteiger partial charge is 0.468 e. The number of rotatable bonds is 6. The van der Waals surface area contributed by atoms with E-state index in [1.54, 1.807) is 6.92 Å². The molecule has 0 N–H and O–H groups in total. The molecule has 0 rings (SSSR count). The molecule has 0 aliphatic rings. The predicted molar refractivity (Wildman–Crippen MR) is 60.0 cm³/mol. The van der Waals surface area contributed by atoms with E-state index in [4.69, 9.17) is 4.74 Å². The minimum absolute atomic E-state index is 0.0369. The van der Waals surface area contributed by atoms with Crippen molar-refractivity contribution >= 4 is 11.9 Å². The van der Waals surface area contributed by atoms with E-state index in [1.807, 2.05) is 13.8 Å². The Morgan fingerprint density at radius 2 is 1.81 bits per heavy atom. The van der Waals surface area contributed by atoms with Crippen LogP contribution >= 0.6 is 0 Å². The molecule has 5 heteroatoms. The van der Waals surface area contributed by atoms with Gasteiger partial charge in [0.1, 0.15) is 12.1 Å². The second-order valence-electron chi connectivity index (χ2n) is 3.68. The molecule has 16 heavy (non-hydrogen) atoms. The zero-order valence-electron chi connectivity index (χ0n) is 10.7. The Bertz CT molecular complexity index is 248. The highest BCUT2D eigenvalue weighted by Crippen LogP contribution is 2.17. The molecule has 0 aromatic carbocycles. The average molecular weight is 231 g/mol. The van der Waals surface area contributed by atoms with Crippen molar-refractivity contribution in [2.75, 3.05) is 27.3 Å². The zero-order valence-corrected chi connectivity index (χ0v) is 10.7. The number of amides is 1. The van der Waals surface area contributed by atoms with E-state index in [1.165, 1.54) is 19.1 Å². The smallest absolute Gasteiger partial charge is 0.325 e. The first-order valence-corrected chi connectivity index (χ1v) is 5.36. The van der Waals surface area contributed by atoms with Gasteiger partial charge in [-0.3, -0.25) is 9.59 Å². The number of hydrogen-bond acceptors (Lipinski definition) is 4. The van der Waals surface area contributed by atoms with Crippen LogP contribution in [0.3, 0.4) is 0 Å². The molecule has 1 unspecified atom stereocenters. The normalized spacial score (nSPS) is 14.1. The van der Waals surface area contributed by atoms with Crippen molar-refractivity contribution in [1.29, 1.82) is 0 Å². The fourth-order valence-electron chi connectivity index (χ4n) is 1.26. The number of carbonyl (C=O) groups is 2. The molecular formula is C11H21NO4. The topological polar surface area (TPSA) is 55.8 Å².